The first-order valence-corrected chi connectivity index (χ1v) is 13.3. The molecule has 1 aliphatic rings. The first-order valence-electron chi connectivity index (χ1n) is 11.1. The first kappa shape index (κ1) is 25.8. The van der Waals surface area contributed by atoms with Gasteiger partial charge in [-0.25, -0.2) is 9.59 Å². The maximum Gasteiger partial charge on any atom is 0.341 e. The van der Waals surface area contributed by atoms with Crippen LogP contribution in [-0.2, 0) is 31.9 Å². The summed E-state index contributed by atoms with van der Waals surface area (Å²) in [6.07, 6.45) is 4.85. The molecule has 2 amide bonds. The van der Waals surface area contributed by atoms with E-state index in [-0.39, 0.29) is 12.5 Å². The summed E-state index contributed by atoms with van der Waals surface area (Å²) >= 11 is 2.89. The molecule has 1 atom stereocenters. The Hall–Kier alpha value is -2.85. The van der Waals surface area contributed by atoms with Gasteiger partial charge in [-0.05, 0) is 62.3 Å². The summed E-state index contributed by atoms with van der Waals surface area (Å²) in [5.41, 5.74) is 1.75. The van der Waals surface area contributed by atoms with Gasteiger partial charge in [-0.1, -0.05) is 18.2 Å². The summed E-state index contributed by atoms with van der Waals surface area (Å²) in [6, 6.07) is 7.69. The average Bonchev–Trinajstić information content (AvgIpc) is 3.41. The molecule has 10 heteroatoms. The van der Waals surface area contributed by atoms with Crippen LogP contribution in [0.2, 0.25) is 0 Å². The number of hydrogen-bond donors (Lipinski definition) is 2. The smallest absolute Gasteiger partial charge is 0.341 e. The second-order valence-electron chi connectivity index (χ2n) is 7.61. The Morgan fingerprint density at radius 1 is 1.12 bits per heavy atom. The minimum absolute atomic E-state index is 0.237. The van der Waals surface area contributed by atoms with E-state index < -0.39 is 30.5 Å². The number of fused-ring (bicyclic) bond motifs is 1. The Balaban J connectivity index is 1.61. The molecule has 1 aromatic heterocycles. The molecule has 34 heavy (non-hydrogen) atoms. The lowest BCUT2D eigenvalue weighted by atomic mass is 10.1. The normalized spacial score (nSPS) is 13.0. The number of nitrogens with one attached hydrogen (secondary N) is 2. The lowest BCUT2D eigenvalue weighted by Gasteiger charge is -2.17. The van der Waals surface area contributed by atoms with Crippen molar-refractivity contribution in [1.82, 2.24) is 5.32 Å². The molecule has 0 unspecified atom stereocenters. The van der Waals surface area contributed by atoms with Crippen LogP contribution < -0.4 is 10.6 Å². The first-order chi connectivity index (χ1) is 16.4. The number of thiophene rings is 1. The van der Waals surface area contributed by atoms with E-state index in [1.165, 1.54) is 23.1 Å². The third-order valence-corrected chi connectivity index (χ3v) is 7.09. The van der Waals surface area contributed by atoms with Crippen LogP contribution >= 0.6 is 23.1 Å². The highest BCUT2D eigenvalue weighted by Crippen LogP contribution is 2.39. The summed E-state index contributed by atoms with van der Waals surface area (Å²) in [6.45, 7) is 1.44. The summed E-state index contributed by atoms with van der Waals surface area (Å²) in [5.74, 6) is -1.47. The highest BCUT2D eigenvalue weighted by molar-refractivity contribution is 7.98. The van der Waals surface area contributed by atoms with Crippen molar-refractivity contribution in [3.05, 3.63) is 51.9 Å². The van der Waals surface area contributed by atoms with Crippen molar-refractivity contribution in [3.8, 4) is 0 Å². The number of carbonyl (C=O) groups is 4. The number of ether oxygens (including phenoxy) is 2. The zero-order valence-corrected chi connectivity index (χ0v) is 20.8. The molecule has 1 heterocycles. The average molecular weight is 505 g/mol. The molecule has 2 aromatic rings. The van der Waals surface area contributed by atoms with Gasteiger partial charge in [0.25, 0.3) is 11.8 Å². The van der Waals surface area contributed by atoms with E-state index in [0.717, 1.165) is 29.7 Å². The number of hydrogen-bond acceptors (Lipinski definition) is 8. The number of aryl methyl sites for hydroxylation is 1. The summed E-state index contributed by atoms with van der Waals surface area (Å²) in [4.78, 5) is 51.2. The van der Waals surface area contributed by atoms with Crippen LogP contribution in [0.5, 0.6) is 0 Å². The van der Waals surface area contributed by atoms with Crippen LogP contribution in [0.15, 0.2) is 30.3 Å². The summed E-state index contributed by atoms with van der Waals surface area (Å²) in [7, 11) is 0. The molecule has 1 aliphatic carbocycles. The van der Waals surface area contributed by atoms with Gasteiger partial charge < -0.3 is 20.1 Å². The molecule has 0 bridgehead atoms. The molecule has 2 N–H and O–H groups in total. The van der Waals surface area contributed by atoms with E-state index in [1.54, 1.807) is 37.3 Å². The van der Waals surface area contributed by atoms with Gasteiger partial charge in [-0.3, -0.25) is 9.59 Å². The lowest BCUT2D eigenvalue weighted by molar-refractivity contribution is -0.149. The highest BCUT2D eigenvalue weighted by atomic mass is 32.2. The summed E-state index contributed by atoms with van der Waals surface area (Å²) < 4.78 is 10.4. The quantitative estimate of drug-likeness (QED) is 0.451. The van der Waals surface area contributed by atoms with E-state index >= 15 is 0 Å². The van der Waals surface area contributed by atoms with Gasteiger partial charge in [0, 0.05) is 10.4 Å². The largest absolute Gasteiger partial charge is 0.462 e. The predicted octanol–water partition coefficient (Wildman–Crippen LogP) is 3.45. The van der Waals surface area contributed by atoms with Gasteiger partial charge in [0.1, 0.15) is 11.0 Å². The van der Waals surface area contributed by atoms with Crippen LogP contribution in [0.3, 0.4) is 0 Å². The Morgan fingerprint density at radius 3 is 2.59 bits per heavy atom. The highest BCUT2D eigenvalue weighted by Gasteiger charge is 2.29. The van der Waals surface area contributed by atoms with Crippen molar-refractivity contribution in [2.24, 2.45) is 0 Å². The van der Waals surface area contributed by atoms with Crippen LogP contribution in [-0.4, -0.2) is 55.0 Å². The Labute approximate surface area is 206 Å². The Morgan fingerprint density at radius 2 is 1.88 bits per heavy atom. The minimum Gasteiger partial charge on any atom is -0.462 e. The van der Waals surface area contributed by atoms with Gasteiger partial charge in [-0.2, -0.15) is 11.8 Å². The molecule has 0 fully saturated rings. The van der Waals surface area contributed by atoms with Crippen molar-refractivity contribution in [3.63, 3.8) is 0 Å². The topological polar surface area (TPSA) is 111 Å². The zero-order valence-electron chi connectivity index (χ0n) is 19.2. The maximum atomic E-state index is 12.6. The van der Waals surface area contributed by atoms with Crippen LogP contribution in [0, 0.1) is 0 Å². The van der Waals surface area contributed by atoms with Gasteiger partial charge >= 0.3 is 11.9 Å². The van der Waals surface area contributed by atoms with E-state index in [4.69, 9.17) is 9.47 Å². The second kappa shape index (κ2) is 12.6. The Bertz CT molecular complexity index is 1040. The van der Waals surface area contributed by atoms with E-state index in [0.29, 0.717) is 28.3 Å². The molecule has 0 saturated heterocycles. The third kappa shape index (κ3) is 6.60. The van der Waals surface area contributed by atoms with Crippen LogP contribution in [0.1, 0.15) is 50.9 Å². The Kier molecular flexibility index (Phi) is 9.52. The fourth-order valence-corrected chi connectivity index (χ4v) is 5.39. The monoisotopic (exact) mass is 504 g/mol. The summed E-state index contributed by atoms with van der Waals surface area (Å²) in [5, 5.41) is 5.80. The van der Waals surface area contributed by atoms with Crippen molar-refractivity contribution >= 4 is 51.9 Å². The van der Waals surface area contributed by atoms with Crippen molar-refractivity contribution in [1.29, 1.82) is 0 Å². The van der Waals surface area contributed by atoms with E-state index in [1.807, 2.05) is 6.26 Å². The number of esters is 2. The molecular weight excluding hydrogens is 476 g/mol. The van der Waals surface area contributed by atoms with Crippen molar-refractivity contribution in [2.45, 2.75) is 38.6 Å². The van der Waals surface area contributed by atoms with E-state index in [2.05, 4.69) is 10.6 Å². The molecular formula is C24H28N2O6S2. The van der Waals surface area contributed by atoms with Gasteiger partial charge in [0.05, 0.1) is 12.2 Å². The molecule has 182 valence electrons. The standard InChI is InChI=1S/C24H28N2O6S2/c1-3-31-24(30)20-16-10-7-11-18(16)34-22(20)26-19(27)14-32-23(29)17(12-13-33-2)25-21(28)15-8-5-4-6-9-15/h4-6,8-9,17H,3,7,10-14H2,1-2H3,(H,25,28)(H,26,27)/t17-/m1/s1. The number of thioether (sulfide) groups is 1. The fraction of sp³-hybridized carbons (Fsp3) is 0.417. The van der Waals surface area contributed by atoms with Gasteiger partial charge in [-0.15, -0.1) is 11.3 Å². The SMILES string of the molecule is CCOC(=O)c1c(NC(=O)COC(=O)[C@@H](CCSC)NC(=O)c2ccccc2)sc2c1CCC2. The molecule has 3 rings (SSSR count). The van der Waals surface area contributed by atoms with Gasteiger partial charge in [0.15, 0.2) is 6.61 Å². The number of anilines is 1. The fourth-order valence-electron chi connectivity index (χ4n) is 3.63. The predicted molar refractivity (Wildman–Crippen MR) is 133 cm³/mol. The second-order valence-corrected chi connectivity index (χ2v) is 9.70. The van der Waals surface area contributed by atoms with Crippen LogP contribution in [0.4, 0.5) is 5.00 Å². The number of amides is 2. The van der Waals surface area contributed by atoms with Gasteiger partial charge in [0.2, 0.25) is 0 Å². The van der Waals surface area contributed by atoms with Crippen molar-refractivity contribution in [2.75, 3.05) is 30.5 Å². The van der Waals surface area contributed by atoms with Crippen LogP contribution in [0.25, 0.3) is 0 Å². The van der Waals surface area contributed by atoms with E-state index in [9.17, 15) is 19.2 Å². The molecule has 0 saturated carbocycles. The van der Waals surface area contributed by atoms with Crippen molar-refractivity contribution < 1.29 is 28.7 Å². The third-order valence-electron chi connectivity index (χ3n) is 5.24. The molecule has 8 nitrogen and oxygen atoms in total. The molecule has 0 radical (unpaired) electrons. The molecule has 0 aliphatic heterocycles. The number of rotatable bonds is 11. The lowest BCUT2D eigenvalue weighted by Crippen LogP contribution is -2.43. The number of carbonyl (C=O) groups excluding carboxylic acids is 4. The minimum atomic E-state index is -0.881. The maximum absolute atomic E-state index is 12.6. The molecule has 0 spiro atoms. The molecule has 1 aromatic carbocycles. The number of benzene rings is 1. The zero-order chi connectivity index (χ0) is 24.5.